The highest BCUT2D eigenvalue weighted by Gasteiger charge is 2.19. The monoisotopic (exact) mass is 296 g/mol. The molecule has 0 amide bonds. The van der Waals surface area contributed by atoms with E-state index in [4.69, 9.17) is 4.74 Å². The summed E-state index contributed by atoms with van der Waals surface area (Å²) >= 11 is 3.28. The molecule has 0 saturated carbocycles. The number of hydrogen-bond donors (Lipinski definition) is 0. The summed E-state index contributed by atoms with van der Waals surface area (Å²) in [6.45, 7) is 3.60. The molecule has 0 saturated heterocycles. The minimum absolute atomic E-state index is 0.0640. The third-order valence-corrected chi connectivity index (χ3v) is 2.66. The highest BCUT2D eigenvalue weighted by Crippen LogP contribution is 2.14. The Balaban J connectivity index is 2.95. The lowest BCUT2D eigenvalue weighted by molar-refractivity contribution is -0.138. The summed E-state index contributed by atoms with van der Waals surface area (Å²) < 4.78 is 5.71. The summed E-state index contributed by atoms with van der Waals surface area (Å²) in [6.07, 6.45) is 1.47. The number of carbonyl (C=O) groups is 2. The standard InChI is InChI=1S/C13H13BrO3/c1-3-11(13(16)17-4-2)12(15)9-5-7-10(14)8-6-9/h3,5-8H,4H2,1-2H3/b11-3+. The third kappa shape index (κ3) is 3.53. The molecule has 0 aliphatic heterocycles. The molecule has 3 nitrogen and oxygen atoms in total. The van der Waals surface area contributed by atoms with Gasteiger partial charge in [0.2, 0.25) is 0 Å². The molecule has 0 heterocycles. The van der Waals surface area contributed by atoms with Gasteiger partial charge in [0.25, 0.3) is 0 Å². The van der Waals surface area contributed by atoms with Gasteiger partial charge in [0.1, 0.15) is 5.57 Å². The summed E-state index contributed by atoms with van der Waals surface area (Å²) in [4.78, 5) is 23.6. The first-order valence-electron chi connectivity index (χ1n) is 5.23. The van der Waals surface area contributed by atoms with Crippen LogP contribution in [0.2, 0.25) is 0 Å². The van der Waals surface area contributed by atoms with E-state index in [0.717, 1.165) is 4.47 Å². The number of rotatable bonds is 4. The molecule has 1 aromatic rings. The van der Waals surface area contributed by atoms with Gasteiger partial charge < -0.3 is 4.74 Å². The van der Waals surface area contributed by atoms with Crippen molar-refractivity contribution >= 4 is 27.7 Å². The van der Waals surface area contributed by atoms with Crippen LogP contribution in [0.1, 0.15) is 24.2 Å². The van der Waals surface area contributed by atoms with E-state index in [0.29, 0.717) is 5.56 Å². The van der Waals surface area contributed by atoms with Crippen molar-refractivity contribution in [2.75, 3.05) is 6.61 Å². The van der Waals surface area contributed by atoms with Crippen molar-refractivity contribution in [2.45, 2.75) is 13.8 Å². The summed E-state index contributed by atoms with van der Waals surface area (Å²) in [5.41, 5.74) is 0.531. The van der Waals surface area contributed by atoms with E-state index in [1.54, 1.807) is 38.1 Å². The van der Waals surface area contributed by atoms with Gasteiger partial charge in [-0.1, -0.05) is 22.0 Å². The first-order chi connectivity index (χ1) is 8.10. The molecule has 1 rings (SSSR count). The Morgan fingerprint density at radius 1 is 1.29 bits per heavy atom. The van der Waals surface area contributed by atoms with Crippen LogP contribution >= 0.6 is 15.9 Å². The van der Waals surface area contributed by atoms with Gasteiger partial charge in [0, 0.05) is 10.0 Å². The van der Waals surface area contributed by atoms with E-state index in [2.05, 4.69) is 15.9 Å². The molecule has 0 bridgehead atoms. The van der Waals surface area contributed by atoms with Crippen molar-refractivity contribution in [3.63, 3.8) is 0 Å². The number of carbonyl (C=O) groups excluding carboxylic acids is 2. The van der Waals surface area contributed by atoms with Crippen LogP contribution in [0.25, 0.3) is 0 Å². The van der Waals surface area contributed by atoms with Crippen molar-refractivity contribution in [3.05, 3.63) is 46.0 Å². The molecule has 0 radical (unpaired) electrons. The second-order valence-electron chi connectivity index (χ2n) is 3.26. The Labute approximate surface area is 109 Å². The topological polar surface area (TPSA) is 43.4 Å². The van der Waals surface area contributed by atoms with E-state index in [9.17, 15) is 9.59 Å². The maximum Gasteiger partial charge on any atom is 0.341 e. The van der Waals surface area contributed by atoms with Gasteiger partial charge in [0.05, 0.1) is 6.61 Å². The lowest BCUT2D eigenvalue weighted by Gasteiger charge is -2.05. The SMILES string of the molecule is C/C=C(/C(=O)OCC)C(=O)c1ccc(Br)cc1. The first-order valence-corrected chi connectivity index (χ1v) is 6.03. The van der Waals surface area contributed by atoms with Crippen molar-refractivity contribution in [3.8, 4) is 0 Å². The van der Waals surface area contributed by atoms with E-state index in [1.165, 1.54) is 6.08 Å². The largest absolute Gasteiger partial charge is 0.462 e. The normalized spacial score (nSPS) is 11.1. The Kier molecular flexibility index (Phi) is 5.10. The Morgan fingerprint density at radius 3 is 2.35 bits per heavy atom. The molecule has 0 spiro atoms. The van der Waals surface area contributed by atoms with Crippen LogP contribution in [-0.4, -0.2) is 18.4 Å². The van der Waals surface area contributed by atoms with Crippen LogP contribution in [0.4, 0.5) is 0 Å². The quantitative estimate of drug-likeness (QED) is 0.282. The highest BCUT2D eigenvalue weighted by atomic mass is 79.9. The van der Waals surface area contributed by atoms with E-state index in [-0.39, 0.29) is 18.0 Å². The van der Waals surface area contributed by atoms with Gasteiger partial charge in [-0.3, -0.25) is 4.79 Å². The van der Waals surface area contributed by atoms with E-state index >= 15 is 0 Å². The van der Waals surface area contributed by atoms with Crippen molar-refractivity contribution in [2.24, 2.45) is 0 Å². The Morgan fingerprint density at radius 2 is 1.88 bits per heavy atom. The second-order valence-corrected chi connectivity index (χ2v) is 4.17. The zero-order valence-electron chi connectivity index (χ0n) is 9.70. The zero-order valence-corrected chi connectivity index (χ0v) is 11.3. The van der Waals surface area contributed by atoms with Gasteiger partial charge in [-0.05, 0) is 38.1 Å². The number of esters is 1. The van der Waals surface area contributed by atoms with Gasteiger partial charge in [-0.15, -0.1) is 0 Å². The van der Waals surface area contributed by atoms with Crippen LogP contribution in [0.15, 0.2) is 40.4 Å². The summed E-state index contributed by atoms with van der Waals surface area (Å²) in [6, 6.07) is 6.83. The molecular weight excluding hydrogens is 284 g/mol. The average Bonchev–Trinajstić information content (AvgIpc) is 2.31. The number of allylic oxidation sites excluding steroid dienone is 1. The van der Waals surface area contributed by atoms with Crippen molar-refractivity contribution in [1.29, 1.82) is 0 Å². The second kappa shape index (κ2) is 6.35. The molecule has 1 aromatic carbocycles. The molecule has 17 heavy (non-hydrogen) atoms. The highest BCUT2D eigenvalue weighted by molar-refractivity contribution is 9.10. The molecule has 0 unspecified atom stereocenters. The van der Waals surface area contributed by atoms with Gasteiger partial charge in [0.15, 0.2) is 5.78 Å². The predicted molar refractivity (Wildman–Crippen MR) is 68.9 cm³/mol. The smallest absolute Gasteiger partial charge is 0.341 e. The summed E-state index contributed by atoms with van der Waals surface area (Å²) in [5.74, 6) is -0.902. The Bertz CT molecular complexity index is 446. The average molecular weight is 297 g/mol. The lowest BCUT2D eigenvalue weighted by Crippen LogP contribution is -2.16. The van der Waals surface area contributed by atoms with Crippen LogP contribution in [0.3, 0.4) is 0 Å². The summed E-state index contributed by atoms with van der Waals surface area (Å²) in [5, 5.41) is 0. The molecule has 0 atom stereocenters. The van der Waals surface area contributed by atoms with Gasteiger partial charge in [-0.25, -0.2) is 4.79 Å². The van der Waals surface area contributed by atoms with Crippen molar-refractivity contribution < 1.29 is 14.3 Å². The molecule has 0 aliphatic rings. The molecule has 0 N–H and O–H groups in total. The van der Waals surface area contributed by atoms with E-state index in [1.807, 2.05) is 0 Å². The minimum atomic E-state index is -0.581. The Hall–Kier alpha value is -1.42. The number of ketones is 1. The van der Waals surface area contributed by atoms with Gasteiger partial charge in [-0.2, -0.15) is 0 Å². The molecular formula is C13H13BrO3. The fourth-order valence-electron chi connectivity index (χ4n) is 1.31. The molecule has 0 aromatic heterocycles. The minimum Gasteiger partial charge on any atom is -0.462 e. The molecule has 0 fully saturated rings. The molecule has 0 aliphatic carbocycles. The lowest BCUT2D eigenvalue weighted by atomic mass is 10.0. The van der Waals surface area contributed by atoms with E-state index < -0.39 is 5.97 Å². The van der Waals surface area contributed by atoms with Crippen LogP contribution in [0.5, 0.6) is 0 Å². The molecule has 4 heteroatoms. The maximum atomic E-state index is 12.0. The zero-order chi connectivity index (χ0) is 12.8. The molecule has 90 valence electrons. The number of hydrogen-bond acceptors (Lipinski definition) is 3. The van der Waals surface area contributed by atoms with Crippen molar-refractivity contribution in [1.82, 2.24) is 0 Å². The van der Waals surface area contributed by atoms with Gasteiger partial charge >= 0.3 is 5.97 Å². The number of Topliss-reactive ketones (excluding diaryl/α,β-unsaturated/α-hetero) is 1. The van der Waals surface area contributed by atoms with Crippen LogP contribution in [0, 0.1) is 0 Å². The third-order valence-electron chi connectivity index (χ3n) is 2.14. The van der Waals surface area contributed by atoms with Crippen LogP contribution in [-0.2, 0) is 9.53 Å². The van der Waals surface area contributed by atoms with Crippen LogP contribution < -0.4 is 0 Å². The fourth-order valence-corrected chi connectivity index (χ4v) is 1.57. The predicted octanol–water partition coefficient (Wildman–Crippen LogP) is 3.14. The number of halogens is 1. The number of benzene rings is 1. The fraction of sp³-hybridized carbons (Fsp3) is 0.231. The summed E-state index contributed by atoms with van der Waals surface area (Å²) in [7, 11) is 0. The number of ether oxygens (including phenoxy) is 1. The first kappa shape index (κ1) is 13.6. The maximum absolute atomic E-state index is 12.0.